The molecule has 0 radical (unpaired) electrons. The van der Waals surface area contributed by atoms with Crippen molar-refractivity contribution in [3.63, 3.8) is 0 Å². The molecule has 0 spiro atoms. The zero-order chi connectivity index (χ0) is 19.5. The van der Waals surface area contributed by atoms with Crippen LogP contribution in [-0.2, 0) is 22.6 Å². The van der Waals surface area contributed by atoms with Crippen molar-refractivity contribution in [2.24, 2.45) is 10.9 Å². The van der Waals surface area contributed by atoms with Gasteiger partial charge in [-0.25, -0.2) is 4.99 Å². The molecule has 6 nitrogen and oxygen atoms in total. The number of hydrogen-bond acceptors (Lipinski definition) is 4. The molecule has 1 atom stereocenters. The molecular weight excluding hydrogens is 467 g/mol. The van der Waals surface area contributed by atoms with E-state index in [0.29, 0.717) is 19.0 Å². The van der Waals surface area contributed by atoms with Crippen LogP contribution in [0, 0.1) is 5.92 Å². The van der Waals surface area contributed by atoms with Crippen LogP contribution in [0.3, 0.4) is 0 Å². The molecule has 0 aromatic heterocycles. The van der Waals surface area contributed by atoms with Gasteiger partial charge in [0.1, 0.15) is 0 Å². The summed E-state index contributed by atoms with van der Waals surface area (Å²) in [4.78, 5) is 18.7. The largest absolute Gasteiger partial charge is 0.469 e. The first-order valence-electron chi connectivity index (χ1n) is 10.0. The fourth-order valence-electron chi connectivity index (χ4n) is 3.17. The fourth-order valence-corrected chi connectivity index (χ4v) is 3.17. The Kier molecular flexibility index (Phi) is 12.1. The van der Waals surface area contributed by atoms with Gasteiger partial charge < -0.3 is 15.4 Å². The third kappa shape index (κ3) is 8.77. The summed E-state index contributed by atoms with van der Waals surface area (Å²) in [7, 11) is 1.41. The topological polar surface area (TPSA) is 66.0 Å². The molecule has 0 amide bonds. The quantitative estimate of drug-likeness (QED) is 0.248. The normalized spacial score (nSPS) is 16.0. The van der Waals surface area contributed by atoms with Crippen molar-refractivity contribution in [2.45, 2.75) is 46.2 Å². The maximum atomic E-state index is 11.5. The Morgan fingerprint density at radius 2 is 1.79 bits per heavy atom. The molecule has 1 unspecified atom stereocenters. The van der Waals surface area contributed by atoms with Gasteiger partial charge in [-0.3, -0.25) is 9.69 Å². The van der Waals surface area contributed by atoms with Crippen LogP contribution in [0.1, 0.15) is 44.2 Å². The van der Waals surface area contributed by atoms with E-state index in [1.807, 2.05) is 13.8 Å². The molecule has 0 bridgehead atoms. The summed E-state index contributed by atoms with van der Waals surface area (Å²) < 4.78 is 4.76. The lowest BCUT2D eigenvalue weighted by atomic mass is 10.1. The predicted molar refractivity (Wildman–Crippen MR) is 125 cm³/mol. The van der Waals surface area contributed by atoms with E-state index < -0.39 is 0 Å². The Hall–Kier alpha value is -1.35. The minimum absolute atomic E-state index is 0. The molecule has 1 aromatic rings. The molecule has 0 saturated carbocycles. The Morgan fingerprint density at radius 3 is 2.39 bits per heavy atom. The number of nitrogens with zero attached hydrogens (tertiary/aromatic N) is 2. The third-order valence-corrected chi connectivity index (χ3v) is 4.82. The third-order valence-electron chi connectivity index (χ3n) is 4.82. The zero-order valence-corrected chi connectivity index (χ0v) is 19.7. The van der Waals surface area contributed by atoms with Crippen molar-refractivity contribution < 1.29 is 9.53 Å². The van der Waals surface area contributed by atoms with E-state index in [9.17, 15) is 4.79 Å². The van der Waals surface area contributed by atoms with Gasteiger partial charge in [-0.05, 0) is 44.0 Å². The molecule has 1 fully saturated rings. The Labute approximate surface area is 186 Å². The molecule has 7 heteroatoms. The van der Waals surface area contributed by atoms with Gasteiger partial charge >= 0.3 is 5.97 Å². The second-order valence-corrected chi connectivity index (χ2v) is 7.15. The number of carbonyl (C=O) groups is 1. The molecule has 1 saturated heterocycles. The van der Waals surface area contributed by atoms with Crippen LogP contribution in [-0.4, -0.2) is 50.1 Å². The van der Waals surface area contributed by atoms with Crippen LogP contribution in [0.25, 0.3) is 0 Å². The van der Waals surface area contributed by atoms with Gasteiger partial charge in [0.15, 0.2) is 5.96 Å². The van der Waals surface area contributed by atoms with E-state index >= 15 is 0 Å². The number of guanidine groups is 1. The molecule has 28 heavy (non-hydrogen) atoms. The van der Waals surface area contributed by atoms with Crippen molar-refractivity contribution in [2.75, 3.05) is 33.3 Å². The predicted octanol–water partition coefficient (Wildman–Crippen LogP) is 3.15. The fraction of sp³-hybridized carbons (Fsp3) is 0.619. The number of esters is 1. The number of aliphatic imine (C=N–C) groups is 1. The van der Waals surface area contributed by atoms with Crippen LogP contribution in [0.2, 0.25) is 0 Å². The average molecular weight is 502 g/mol. The van der Waals surface area contributed by atoms with Gasteiger partial charge in [-0.15, -0.1) is 24.0 Å². The maximum Gasteiger partial charge on any atom is 0.310 e. The first kappa shape index (κ1) is 24.7. The minimum Gasteiger partial charge on any atom is -0.469 e. The molecule has 2 rings (SSSR count). The molecule has 2 N–H and O–H groups in total. The highest BCUT2D eigenvalue weighted by Gasteiger charge is 2.13. The average Bonchev–Trinajstić information content (AvgIpc) is 2.71. The van der Waals surface area contributed by atoms with E-state index in [4.69, 9.17) is 4.74 Å². The summed E-state index contributed by atoms with van der Waals surface area (Å²) in [6, 6.07) is 8.73. The number of nitrogens with one attached hydrogen (secondary N) is 2. The van der Waals surface area contributed by atoms with Crippen LogP contribution in [0.15, 0.2) is 29.3 Å². The number of rotatable bonds is 8. The Morgan fingerprint density at radius 1 is 1.14 bits per heavy atom. The number of benzene rings is 1. The van der Waals surface area contributed by atoms with Crippen LogP contribution < -0.4 is 10.6 Å². The summed E-state index contributed by atoms with van der Waals surface area (Å²) >= 11 is 0. The summed E-state index contributed by atoms with van der Waals surface area (Å²) in [5.41, 5.74) is 2.54. The SMILES string of the molecule is CCNC(=NCc1ccc(CN2CCCCC2)cc1)NCC(C)C(=O)OC.I. The lowest BCUT2D eigenvalue weighted by Gasteiger charge is -2.26. The number of halogens is 1. The van der Waals surface area contributed by atoms with Crippen LogP contribution in [0.5, 0.6) is 0 Å². The van der Waals surface area contributed by atoms with Crippen molar-refractivity contribution in [3.8, 4) is 0 Å². The molecule has 0 aliphatic carbocycles. The van der Waals surface area contributed by atoms with Crippen molar-refractivity contribution in [3.05, 3.63) is 35.4 Å². The monoisotopic (exact) mass is 502 g/mol. The lowest BCUT2D eigenvalue weighted by Crippen LogP contribution is -2.40. The van der Waals surface area contributed by atoms with Crippen LogP contribution >= 0.6 is 24.0 Å². The van der Waals surface area contributed by atoms with Crippen molar-refractivity contribution >= 4 is 35.9 Å². The standard InChI is InChI=1S/C21H34N4O2.HI/c1-4-22-21(23-14-17(2)20(26)27-3)24-15-18-8-10-19(11-9-18)16-25-12-6-5-7-13-25;/h8-11,17H,4-7,12-16H2,1-3H3,(H2,22,23,24);1H. The number of hydrogen-bond donors (Lipinski definition) is 2. The first-order valence-corrected chi connectivity index (χ1v) is 10.0. The van der Waals surface area contributed by atoms with E-state index in [2.05, 4.69) is 44.8 Å². The number of piperidine rings is 1. The zero-order valence-electron chi connectivity index (χ0n) is 17.4. The van der Waals surface area contributed by atoms with Gasteiger partial charge in [-0.2, -0.15) is 0 Å². The van der Waals surface area contributed by atoms with E-state index in [1.54, 1.807) is 0 Å². The van der Waals surface area contributed by atoms with Gasteiger partial charge in [0, 0.05) is 19.6 Å². The lowest BCUT2D eigenvalue weighted by molar-refractivity contribution is -0.144. The summed E-state index contributed by atoms with van der Waals surface area (Å²) in [6.07, 6.45) is 4.01. The Bertz CT molecular complexity index is 601. The second-order valence-electron chi connectivity index (χ2n) is 7.15. The van der Waals surface area contributed by atoms with Gasteiger partial charge in [0.05, 0.1) is 19.6 Å². The number of carbonyl (C=O) groups excluding carboxylic acids is 1. The smallest absolute Gasteiger partial charge is 0.310 e. The highest BCUT2D eigenvalue weighted by molar-refractivity contribution is 14.0. The number of likely N-dealkylation sites (tertiary alicyclic amines) is 1. The number of methoxy groups -OCH3 is 1. The highest BCUT2D eigenvalue weighted by atomic mass is 127. The first-order chi connectivity index (χ1) is 13.1. The summed E-state index contributed by atoms with van der Waals surface area (Å²) in [6.45, 7) is 9.20. The van der Waals surface area contributed by atoms with E-state index in [-0.39, 0.29) is 35.9 Å². The van der Waals surface area contributed by atoms with Crippen molar-refractivity contribution in [1.29, 1.82) is 0 Å². The highest BCUT2D eigenvalue weighted by Crippen LogP contribution is 2.14. The van der Waals surface area contributed by atoms with E-state index in [0.717, 1.165) is 13.1 Å². The van der Waals surface area contributed by atoms with Crippen molar-refractivity contribution in [1.82, 2.24) is 15.5 Å². The second kappa shape index (κ2) is 13.8. The Balaban J connectivity index is 0.00000392. The molecule has 1 aliphatic heterocycles. The molecule has 1 aliphatic rings. The molecular formula is C21H35IN4O2. The van der Waals surface area contributed by atoms with Crippen LogP contribution in [0.4, 0.5) is 0 Å². The molecule has 158 valence electrons. The van der Waals surface area contributed by atoms with E-state index in [1.165, 1.54) is 50.6 Å². The molecule has 1 heterocycles. The minimum atomic E-state index is -0.220. The maximum absolute atomic E-state index is 11.5. The van der Waals surface area contributed by atoms with Gasteiger partial charge in [0.2, 0.25) is 0 Å². The van der Waals surface area contributed by atoms with Gasteiger partial charge in [-0.1, -0.05) is 37.6 Å². The molecule has 1 aromatic carbocycles. The van der Waals surface area contributed by atoms with Gasteiger partial charge in [0.25, 0.3) is 0 Å². The number of ether oxygens (including phenoxy) is 1. The summed E-state index contributed by atoms with van der Waals surface area (Å²) in [5.74, 6) is 0.279. The summed E-state index contributed by atoms with van der Waals surface area (Å²) in [5, 5.41) is 6.41.